The standard InChI is InChI=1S/C14H25ClN4O2/c1-5-9-21-14-17-12(15)16-13(18-14)19(8-10-20-4)11(6-2)7-3/h11H,5-10H2,1-4H3. The Balaban J connectivity index is 3.01. The molecule has 0 N–H and O–H groups in total. The Bertz CT molecular complexity index is 416. The average molecular weight is 317 g/mol. The van der Waals surface area contributed by atoms with Gasteiger partial charge in [-0.1, -0.05) is 20.8 Å². The van der Waals surface area contributed by atoms with Gasteiger partial charge in [-0.25, -0.2) is 0 Å². The molecule has 0 unspecified atom stereocenters. The summed E-state index contributed by atoms with van der Waals surface area (Å²) in [7, 11) is 1.68. The van der Waals surface area contributed by atoms with Crippen molar-refractivity contribution in [2.45, 2.75) is 46.1 Å². The predicted molar refractivity (Wildman–Crippen MR) is 84.2 cm³/mol. The molecule has 1 aromatic heterocycles. The predicted octanol–water partition coefficient (Wildman–Crippen LogP) is 2.96. The molecule has 0 aromatic carbocycles. The van der Waals surface area contributed by atoms with Gasteiger partial charge in [-0.05, 0) is 30.9 Å². The maximum atomic E-state index is 6.00. The first-order valence-corrected chi connectivity index (χ1v) is 7.83. The summed E-state index contributed by atoms with van der Waals surface area (Å²) in [5, 5.41) is 0.152. The normalized spacial score (nSPS) is 11.0. The molecule has 0 aliphatic heterocycles. The van der Waals surface area contributed by atoms with Crippen molar-refractivity contribution in [3.63, 3.8) is 0 Å². The van der Waals surface area contributed by atoms with Crippen molar-refractivity contribution in [1.29, 1.82) is 0 Å². The summed E-state index contributed by atoms with van der Waals surface area (Å²) in [6, 6.07) is 0.609. The largest absolute Gasteiger partial charge is 0.463 e. The quantitative estimate of drug-likeness (QED) is 0.661. The second-order valence-electron chi connectivity index (χ2n) is 4.69. The van der Waals surface area contributed by atoms with Crippen LogP contribution < -0.4 is 9.64 Å². The van der Waals surface area contributed by atoms with Crippen molar-refractivity contribution in [1.82, 2.24) is 15.0 Å². The van der Waals surface area contributed by atoms with E-state index in [1.807, 2.05) is 6.92 Å². The zero-order chi connectivity index (χ0) is 15.7. The molecule has 0 aliphatic rings. The van der Waals surface area contributed by atoms with Crippen LogP contribution in [0, 0.1) is 0 Å². The monoisotopic (exact) mass is 316 g/mol. The molecule has 1 aromatic rings. The maximum Gasteiger partial charge on any atom is 0.322 e. The number of halogens is 1. The van der Waals surface area contributed by atoms with Gasteiger partial charge in [-0.3, -0.25) is 0 Å². The Morgan fingerprint density at radius 2 is 1.81 bits per heavy atom. The highest BCUT2D eigenvalue weighted by molar-refractivity contribution is 6.28. The number of rotatable bonds is 10. The van der Waals surface area contributed by atoms with Crippen molar-refractivity contribution in [3.05, 3.63) is 5.28 Å². The molecule has 6 nitrogen and oxygen atoms in total. The molecule has 120 valence electrons. The Kier molecular flexibility index (Phi) is 8.30. The van der Waals surface area contributed by atoms with Crippen molar-refractivity contribution >= 4 is 17.5 Å². The van der Waals surface area contributed by atoms with E-state index in [1.54, 1.807) is 7.11 Å². The zero-order valence-corrected chi connectivity index (χ0v) is 14.1. The number of nitrogens with zero attached hydrogens (tertiary/aromatic N) is 4. The fourth-order valence-corrected chi connectivity index (χ4v) is 2.22. The number of ether oxygens (including phenoxy) is 2. The molecule has 0 aliphatic carbocycles. The third-order valence-electron chi connectivity index (χ3n) is 3.19. The van der Waals surface area contributed by atoms with Crippen molar-refractivity contribution < 1.29 is 9.47 Å². The minimum atomic E-state index is 0.152. The van der Waals surface area contributed by atoms with Gasteiger partial charge in [0, 0.05) is 19.7 Å². The molecular weight excluding hydrogens is 292 g/mol. The van der Waals surface area contributed by atoms with E-state index in [-0.39, 0.29) is 11.3 Å². The summed E-state index contributed by atoms with van der Waals surface area (Å²) >= 11 is 6.00. The van der Waals surface area contributed by atoms with Crippen LogP contribution in [0.4, 0.5) is 5.95 Å². The fourth-order valence-electron chi connectivity index (χ4n) is 2.07. The Hall–Kier alpha value is -1.14. The van der Waals surface area contributed by atoms with E-state index >= 15 is 0 Å². The topological polar surface area (TPSA) is 60.4 Å². The lowest BCUT2D eigenvalue weighted by Gasteiger charge is -2.30. The summed E-state index contributed by atoms with van der Waals surface area (Å²) in [6.45, 7) is 8.18. The smallest absolute Gasteiger partial charge is 0.322 e. The molecule has 0 atom stereocenters. The van der Waals surface area contributed by atoms with Crippen LogP contribution in [0.25, 0.3) is 0 Å². The van der Waals surface area contributed by atoms with Crippen LogP contribution >= 0.6 is 11.6 Å². The lowest BCUT2D eigenvalue weighted by atomic mass is 10.1. The van der Waals surface area contributed by atoms with Crippen LogP contribution in [-0.4, -0.2) is 47.9 Å². The molecule has 0 bridgehead atoms. The molecule has 7 heteroatoms. The molecule has 1 heterocycles. The molecular formula is C14H25ClN4O2. The number of hydrogen-bond donors (Lipinski definition) is 0. The molecule has 0 amide bonds. The van der Waals surface area contributed by atoms with Gasteiger partial charge in [0.25, 0.3) is 0 Å². The second-order valence-corrected chi connectivity index (χ2v) is 5.03. The Morgan fingerprint density at radius 1 is 1.10 bits per heavy atom. The number of aromatic nitrogens is 3. The highest BCUT2D eigenvalue weighted by atomic mass is 35.5. The first-order chi connectivity index (χ1) is 10.2. The van der Waals surface area contributed by atoms with Crippen LogP contribution in [0.5, 0.6) is 6.01 Å². The van der Waals surface area contributed by atoms with Crippen molar-refractivity contribution in [3.8, 4) is 6.01 Å². The van der Waals surface area contributed by atoms with Gasteiger partial charge in [0.2, 0.25) is 11.2 Å². The second kappa shape index (κ2) is 9.73. The van der Waals surface area contributed by atoms with E-state index in [9.17, 15) is 0 Å². The summed E-state index contributed by atoms with van der Waals surface area (Å²) in [5.41, 5.74) is 0. The van der Waals surface area contributed by atoms with Crippen LogP contribution in [0.15, 0.2) is 0 Å². The summed E-state index contributed by atoms with van der Waals surface area (Å²) in [5.74, 6) is 0.548. The minimum absolute atomic E-state index is 0.152. The summed E-state index contributed by atoms with van der Waals surface area (Å²) in [6.07, 6.45) is 2.88. The molecule has 0 saturated carbocycles. The maximum absolute atomic E-state index is 6.00. The lowest BCUT2D eigenvalue weighted by Crippen LogP contribution is -2.38. The molecule has 0 fully saturated rings. The van der Waals surface area contributed by atoms with Gasteiger partial charge in [0.05, 0.1) is 13.2 Å². The molecule has 0 spiro atoms. The van der Waals surface area contributed by atoms with E-state index in [4.69, 9.17) is 21.1 Å². The van der Waals surface area contributed by atoms with E-state index in [2.05, 4.69) is 33.7 Å². The third-order valence-corrected chi connectivity index (χ3v) is 3.36. The minimum Gasteiger partial charge on any atom is -0.463 e. The van der Waals surface area contributed by atoms with Crippen molar-refractivity contribution in [2.75, 3.05) is 31.8 Å². The molecule has 0 radical (unpaired) electrons. The van der Waals surface area contributed by atoms with Crippen LogP contribution in [-0.2, 0) is 4.74 Å². The highest BCUT2D eigenvalue weighted by Crippen LogP contribution is 2.20. The van der Waals surface area contributed by atoms with Crippen molar-refractivity contribution in [2.24, 2.45) is 0 Å². The first kappa shape index (κ1) is 17.9. The third kappa shape index (κ3) is 5.63. The van der Waals surface area contributed by atoms with E-state index in [1.165, 1.54) is 0 Å². The summed E-state index contributed by atoms with van der Waals surface area (Å²) in [4.78, 5) is 14.7. The van der Waals surface area contributed by atoms with Gasteiger partial charge in [0.15, 0.2) is 0 Å². The highest BCUT2D eigenvalue weighted by Gasteiger charge is 2.20. The zero-order valence-electron chi connectivity index (χ0n) is 13.3. The molecule has 1 rings (SSSR count). The Morgan fingerprint density at radius 3 is 2.38 bits per heavy atom. The number of anilines is 1. The molecule has 21 heavy (non-hydrogen) atoms. The van der Waals surface area contributed by atoms with Gasteiger partial charge in [-0.2, -0.15) is 15.0 Å². The van der Waals surface area contributed by atoms with Gasteiger partial charge in [-0.15, -0.1) is 0 Å². The van der Waals surface area contributed by atoms with Crippen LogP contribution in [0.3, 0.4) is 0 Å². The van der Waals surface area contributed by atoms with Gasteiger partial charge < -0.3 is 14.4 Å². The van der Waals surface area contributed by atoms with E-state index in [0.717, 1.165) is 19.3 Å². The van der Waals surface area contributed by atoms with E-state index in [0.29, 0.717) is 31.7 Å². The average Bonchev–Trinajstić information content (AvgIpc) is 2.48. The van der Waals surface area contributed by atoms with Crippen LogP contribution in [0.1, 0.15) is 40.0 Å². The number of hydrogen-bond acceptors (Lipinski definition) is 6. The van der Waals surface area contributed by atoms with Gasteiger partial charge in [0.1, 0.15) is 0 Å². The lowest BCUT2D eigenvalue weighted by molar-refractivity contribution is 0.202. The van der Waals surface area contributed by atoms with Gasteiger partial charge >= 0.3 is 6.01 Å². The molecule has 0 saturated heterocycles. The number of methoxy groups -OCH3 is 1. The fraction of sp³-hybridized carbons (Fsp3) is 0.786. The van der Waals surface area contributed by atoms with Crippen LogP contribution in [0.2, 0.25) is 5.28 Å². The first-order valence-electron chi connectivity index (χ1n) is 7.46. The SMILES string of the molecule is CCCOc1nc(Cl)nc(N(CCOC)C(CC)CC)n1. The Labute approximate surface area is 131 Å². The van der Waals surface area contributed by atoms with E-state index < -0.39 is 0 Å². The summed E-state index contributed by atoms with van der Waals surface area (Å²) < 4.78 is 10.7.